The summed E-state index contributed by atoms with van der Waals surface area (Å²) in [6, 6.07) is 22.9. The van der Waals surface area contributed by atoms with Crippen molar-refractivity contribution < 1.29 is 4.43 Å². The van der Waals surface area contributed by atoms with E-state index in [0.29, 0.717) is 6.10 Å². The summed E-state index contributed by atoms with van der Waals surface area (Å²) in [4.78, 5) is 0. The van der Waals surface area contributed by atoms with E-state index >= 15 is 0 Å². The van der Waals surface area contributed by atoms with Gasteiger partial charge >= 0.3 is 0 Å². The fourth-order valence-electron chi connectivity index (χ4n) is 2.88. The summed E-state index contributed by atoms with van der Waals surface area (Å²) >= 11 is 2.44. The predicted molar refractivity (Wildman–Crippen MR) is 91.1 cm³/mol. The number of hydrogen-bond donors (Lipinski definition) is 0. The molecule has 0 N–H and O–H groups in total. The van der Waals surface area contributed by atoms with E-state index in [1.807, 2.05) is 0 Å². The Hall–Kier alpha value is -0.653. The van der Waals surface area contributed by atoms with Crippen molar-refractivity contribution in [2.75, 3.05) is 4.43 Å². The van der Waals surface area contributed by atoms with Crippen LogP contribution in [0.15, 0.2) is 60.7 Å². The molecule has 0 saturated carbocycles. The minimum Gasteiger partial charge on any atom is -0.404 e. The molecule has 0 aliphatic carbocycles. The Morgan fingerprint density at radius 2 is 1.47 bits per heavy atom. The zero-order chi connectivity index (χ0) is 13.1. The third kappa shape index (κ3) is 2.51. The van der Waals surface area contributed by atoms with Crippen LogP contribution in [-0.4, -0.2) is 18.8 Å². The lowest BCUT2D eigenvalue weighted by atomic mass is 10.3. The van der Waals surface area contributed by atoms with Crippen LogP contribution < -0.4 is 10.4 Å². The van der Waals surface area contributed by atoms with E-state index in [1.165, 1.54) is 22.8 Å². The van der Waals surface area contributed by atoms with E-state index in [4.69, 9.17) is 4.43 Å². The van der Waals surface area contributed by atoms with Crippen molar-refractivity contribution in [2.45, 2.75) is 18.6 Å². The number of halogens is 1. The number of alkyl halides is 1. The Morgan fingerprint density at radius 1 is 0.947 bits per heavy atom. The lowest BCUT2D eigenvalue weighted by Crippen LogP contribution is -2.58. The van der Waals surface area contributed by atoms with Crippen molar-refractivity contribution in [2.24, 2.45) is 0 Å². The molecule has 19 heavy (non-hydrogen) atoms. The Labute approximate surface area is 129 Å². The van der Waals surface area contributed by atoms with Gasteiger partial charge in [0.2, 0.25) is 0 Å². The van der Waals surface area contributed by atoms with Gasteiger partial charge < -0.3 is 4.43 Å². The summed E-state index contributed by atoms with van der Waals surface area (Å²) in [6.07, 6.45) is 1.62. The van der Waals surface area contributed by atoms with E-state index < -0.39 is 8.32 Å². The molecule has 0 aromatic heterocycles. The molecule has 2 aromatic carbocycles. The summed E-state index contributed by atoms with van der Waals surface area (Å²) in [6.45, 7) is 0. The van der Waals surface area contributed by atoms with Crippen LogP contribution in [-0.2, 0) is 4.43 Å². The number of hydrogen-bond acceptors (Lipinski definition) is 1. The highest BCUT2D eigenvalue weighted by molar-refractivity contribution is 14.1. The molecule has 0 spiro atoms. The molecule has 1 aliphatic heterocycles. The molecule has 1 aliphatic rings. The number of benzene rings is 2. The van der Waals surface area contributed by atoms with Gasteiger partial charge in [0.25, 0.3) is 8.32 Å². The van der Waals surface area contributed by atoms with Crippen molar-refractivity contribution in [3.8, 4) is 0 Å². The van der Waals surface area contributed by atoms with E-state index in [2.05, 4.69) is 83.3 Å². The van der Waals surface area contributed by atoms with E-state index in [1.54, 1.807) is 0 Å². The van der Waals surface area contributed by atoms with Gasteiger partial charge in [0.05, 0.1) is 6.10 Å². The maximum absolute atomic E-state index is 6.60. The third-order valence-electron chi connectivity index (χ3n) is 3.84. The monoisotopic (exact) mass is 380 g/mol. The summed E-state index contributed by atoms with van der Waals surface area (Å²) in [5.41, 5.74) is 0. The Morgan fingerprint density at radius 3 is 1.89 bits per heavy atom. The van der Waals surface area contributed by atoms with Crippen molar-refractivity contribution in [1.82, 2.24) is 0 Å². The molecule has 3 heteroatoms. The molecule has 1 heterocycles. The minimum absolute atomic E-state index is 0.424. The first-order valence-electron chi connectivity index (χ1n) is 6.70. The summed E-state index contributed by atoms with van der Waals surface area (Å²) < 4.78 is 7.69. The van der Waals surface area contributed by atoms with E-state index in [-0.39, 0.29) is 0 Å². The fourth-order valence-corrected chi connectivity index (χ4v) is 8.10. The van der Waals surface area contributed by atoms with Crippen molar-refractivity contribution in [3.63, 3.8) is 0 Å². The molecule has 0 amide bonds. The summed E-state index contributed by atoms with van der Waals surface area (Å²) in [5, 5.41) is 2.82. The molecular formula is C16H17IOSi. The normalized spacial score (nSPS) is 21.4. The average Bonchev–Trinajstić information content (AvgIpc) is 2.95. The standard InChI is InChI=1S/C16H17IOSi/c17-13-14-11-12-19(18-14,15-7-3-1-4-8-15)16-9-5-2-6-10-16/h1-10,14H,11-13H2. The van der Waals surface area contributed by atoms with Crippen LogP contribution in [0.25, 0.3) is 0 Å². The minimum atomic E-state index is -1.97. The zero-order valence-electron chi connectivity index (χ0n) is 10.8. The van der Waals surface area contributed by atoms with Crippen LogP contribution in [0.1, 0.15) is 6.42 Å². The molecule has 0 bridgehead atoms. The second-order valence-corrected chi connectivity index (χ2v) is 9.42. The molecule has 98 valence electrons. The van der Waals surface area contributed by atoms with Gasteiger partial charge in [-0.05, 0) is 22.8 Å². The predicted octanol–water partition coefficient (Wildman–Crippen LogP) is 2.97. The maximum Gasteiger partial charge on any atom is 0.256 e. The van der Waals surface area contributed by atoms with Crippen LogP contribution in [0.4, 0.5) is 0 Å². The lowest BCUT2D eigenvalue weighted by Gasteiger charge is -2.27. The van der Waals surface area contributed by atoms with Gasteiger partial charge in [0.1, 0.15) is 0 Å². The van der Waals surface area contributed by atoms with Crippen LogP contribution in [0, 0.1) is 0 Å². The third-order valence-corrected chi connectivity index (χ3v) is 9.08. The van der Waals surface area contributed by atoms with E-state index in [9.17, 15) is 0 Å². The molecule has 3 rings (SSSR count). The first-order chi connectivity index (χ1) is 9.35. The number of rotatable bonds is 3. The van der Waals surface area contributed by atoms with Gasteiger partial charge in [-0.15, -0.1) is 0 Å². The van der Waals surface area contributed by atoms with Crippen LogP contribution in [0.2, 0.25) is 6.04 Å². The topological polar surface area (TPSA) is 9.23 Å². The SMILES string of the molecule is ICC1CC[Si](c2ccccc2)(c2ccccc2)O1. The van der Waals surface area contributed by atoms with Gasteiger partial charge in [-0.3, -0.25) is 0 Å². The molecule has 1 fully saturated rings. The zero-order valence-corrected chi connectivity index (χ0v) is 13.9. The van der Waals surface area contributed by atoms with Gasteiger partial charge in [-0.1, -0.05) is 83.3 Å². The summed E-state index contributed by atoms with van der Waals surface area (Å²) in [5.74, 6) is 0. The van der Waals surface area contributed by atoms with Crippen molar-refractivity contribution >= 4 is 41.3 Å². The second-order valence-electron chi connectivity index (χ2n) is 4.99. The highest BCUT2D eigenvalue weighted by Gasteiger charge is 2.45. The summed E-state index contributed by atoms with van der Waals surface area (Å²) in [7, 11) is -1.97. The van der Waals surface area contributed by atoms with Crippen LogP contribution in [0.5, 0.6) is 0 Å². The highest BCUT2D eigenvalue weighted by atomic mass is 127. The van der Waals surface area contributed by atoms with Gasteiger partial charge in [0, 0.05) is 4.43 Å². The smallest absolute Gasteiger partial charge is 0.256 e. The van der Waals surface area contributed by atoms with Crippen LogP contribution >= 0.6 is 22.6 Å². The molecule has 2 aromatic rings. The second kappa shape index (κ2) is 5.77. The Bertz CT molecular complexity index is 489. The first-order valence-corrected chi connectivity index (χ1v) is 10.3. The van der Waals surface area contributed by atoms with Crippen molar-refractivity contribution in [3.05, 3.63) is 60.7 Å². The first kappa shape index (κ1) is 13.3. The van der Waals surface area contributed by atoms with Crippen molar-refractivity contribution in [1.29, 1.82) is 0 Å². The molecule has 0 radical (unpaired) electrons. The quantitative estimate of drug-likeness (QED) is 0.452. The molecule has 1 nitrogen and oxygen atoms in total. The van der Waals surface area contributed by atoms with E-state index in [0.717, 1.165) is 4.43 Å². The van der Waals surface area contributed by atoms with Gasteiger partial charge in [-0.2, -0.15) is 0 Å². The lowest BCUT2D eigenvalue weighted by molar-refractivity contribution is 0.259. The maximum atomic E-state index is 6.60. The Kier molecular flexibility index (Phi) is 4.05. The Balaban J connectivity index is 2.07. The van der Waals surface area contributed by atoms with Gasteiger partial charge in [0.15, 0.2) is 0 Å². The molecular weight excluding hydrogens is 363 g/mol. The molecule has 1 unspecified atom stereocenters. The molecule has 1 atom stereocenters. The van der Waals surface area contributed by atoms with Crippen LogP contribution in [0.3, 0.4) is 0 Å². The van der Waals surface area contributed by atoms with Gasteiger partial charge in [-0.25, -0.2) is 0 Å². The largest absolute Gasteiger partial charge is 0.404 e. The highest BCUT2D eigenvalue weighted by Crippen LogP contribution is 2.28. The fraction of sp³-hybridized carbons (Fsp3) is 0.250. The molecule has 1 saturated heterocycles. The average molecular weight is 380 g/mol.